The van der Waals surface area contributed by atoms with Gasteiger partial charge in [-0.1, -0.05) is 30.3 Å². The van der Waals surface area contributed by atoms with Crippen molar-refractivity contribution in [2.75, 3.05) is 20.2 Å². The van der Waals surface area contributed by atoms with E-state index in [2.05, 4.69) is 39.8 Å². The van der Waals surface area contributed by atoms with E-state index in [1.54, 1.807) is 13.2 Å². The van der Waals surface area contributed by atoms with E-state index >= 15 is 0 Å². The molecule has 0 amide bonds. The Morgan fingerprint density at radius 3 is 2.69 bits per heavy atom. The molecule has 0 N–H and O–H groups in total. The molecule has 2 bridgehead atoms. The van der Waals surface area contributed by atoms with Crippen LogP contribution in [0.15, 0.2) is 71.5 Å². The molecule has 5 heteroatoms. The number of hydrogen-bond acceptors (Lipinski definition) is 4. The number of likely N-dealkylation sites (tertiary alicyclic amines) is 1. The van der Waals surface area contributed by atoms with Gasteiger partial charge in [-0.2, -0.15) is 5.26 Å². The van der Waals surface area contributed by atoms with Gasteiger partial charge in [-0.05, 0) is 60.2 Å². The fourth-order valence-corrected chi connectivity index (χ4v) is 5.57. The number of rotatable bonds is 5. The fourth-order valence-electron chi connectivity index (χ4n) is 5.57. The first-order chi connectivity index (χ1) is 15.6. The molecule has 0 spiro atoms. The zero-order valence-electron chi connectivity index (χ0n) is 18.3. The summed E-state index contributed by atoms with van der Waals surface area (Å²) < 4.78 is 7.48. The first-order valence-corrected chi connectivity index (χ1v) is 11.2. The average Bonchev–Trinajstić information content (AvgIpc) is 2.82. The van der Waals surface area contributed by atoms with E-state index in [0.717, 1.165) is 43.9 Å². The lowest BCUT2D eigenvalue weighted by Gasteiger charge is -2.47. The van der Waals surface area contributed by atoms with Crippen molar-refractivity contribution in [2.45, 2.75) is 31.3 Å². The van der Waals surface area contributed by atoms with Gasteiger partial charge in [0.1, 0.15) is 5.75 Å². The second-order valence-electron chi connectivity index (χ2n) is 8.98. The van der Waals surface area contributed by atoms with Crippen LogP contribution in [0.2, 0.25) is 0 Å². The Labute approximate surface area is 188 Å². The summed E-state index contributed by atoms with van der Waals surface area (Å²) in [6.07, 6.45) is 1.91. The van der Waals surface area contributed by atoms with E-state index in [1.807, 2.05) is 36.4 Å². The van der Waals surface area contributed by atoms with E-state index in [1.165, 1.54) is 11.1 Å². The van der Waals surface area contributed by atoms with Crippen LogP contribution in [0.3, 0.4) is 0 Å². The molecule has 3 aromatic rings. The zero-order valence-corrected chi connectivity index (χ0v) is 18.3. The van der Waals surface area contributed by atoms with Gasteiger partial charge in [0.2, 0.25) is 0 Å². The molecule has 0 saturated carbocycles. The van der Waals surface area contributed by atoms with Crippen molar-refractivity contribution in [1.29, 1.82) is 5.26 Å². The minimum absolute atomic E-state index is 0.0975. The highest BCUT2D eigenvalue weighted by atomic mass is 16.5. The van der Waals surface area contributed by atoms with Crippen LogP contribution in [0, 0.1) is 17.2 Å². The molecular formula is C27H27N3O2. The number of pyridine rings is 1. The SMILES string of the molecule is COc1cccc(C[C@H]2[C@H]3C[C@H](CN(Cc4cccc(C#N)c4)C3)c3cccc(=O)n32)c1. The molecule has 1 fully saturated rings. The lowest BCUT2D eigenvalue weighted by Crippen LogP contribution is -2.49. The van der Waals surface area contributed by atoms with Crippen LogP contribution in [0.1, 0.15) is 40.8 Å². The third-order valence-corrected chi connectivity index (χ3v) is 6.92. The van der Waals surface area contributed by atoms with E-state index in [4.69, 9.17) is 4.74 Å². The van der Waals surface area contributed by atoms with Crippen molar-refractivity contribution in [3.63, 3.8) is 0 Å². The van der Waals surface area contributed by atoms with Gasteiger partial charge in [0, 0.05) is 43.4 Å². The van der Waals surface area contributed by atoms with Gasteiger partial charge < -0.3 is 9.30 Å². The highest BCUT2D eigenvalue weighted by Crippen LogP contribution is 2.42. The molecule has 5 nitrogen and oxygen atoms in total. The number of nitriles is 1. The number of piperidine rings is 1. The number of benzene rings is 2. The molecule has 162 valence electrons. The second-order valence-corrected chi connectivity index (χ2v) is 8.98. The van der Waals surface area contributed by atoms with Crippen LogP contribution >= 0.6 is 0 Å². The van der Waals surface area contributed by atoms with Crippen molar-refractivity contribution >= 4 is 0 Å². The van der Waals surface area contributed by atoms with Crippen LogP contribution in [0.25, 0.3) is 0 Å². The van der Waals surface area contributed by atoms with Crippen molar-refractivity contribution in [3.05, 3.63) is 99.5 Å². The van der Waals surface area contributed by atoms with E-state index in [0.29, 0.717) is 17.4 Å². The largest absolute Gasteiger partial charge is 0.497 e. The van der Waals surface area contributed by atoms with Gasteiger partial charge in [0.25, 0.3) is 5.56 Å². The Kier molecular flexibility index (Phi) is 5.55. The van der Waals surface area contributed by atoms with Crippen molar-refractivity contribution in [3.8, 4) is 11.8 Å². The van der Waals surface area contributed by atoms with E-state index in [-0.39, 0.29) is 11.6 Å². The maximum atomic E-state index is 13.0. The molecule has 0 unspecified atom stereocenters. The highest BCUT2D eigenvalue weighted by Gasteiger charge is 2.40. The van der Waals surface area contributed by atoms with Gasteiger partial charge >= 0.3 is 0 Å². The Morgan fingerprint density at radius 2 is 1.84 bits per heavy atom. The van der Waals surface area contributed by atoms with Gasteiger partial charge in [-0.3, -0.25) is 9.69 Å². The Balaban J connectivity index is 1.46. The first-order valence-electron chi connectivity index (χ1n) is 11.2. The third-order valence-electron chi connectivity index (χ3n) is 6.92. The predicted octanol–water partition coefficient (Wildman–Crippen LogP) is 4.13. The third kappa shape index (κ3) is 3.94. The van der Waals surface area contributed by atoms with Gasteiger partial charge in [-0.25, -0.2) is 0 Å². The minimum Gasteiger partial charge on any atom is -0.497 e. The summed E-state index contributed by atoms with van der Waals surface area (Å²) in [4.78, 5) is 15.5. The average molecular weight is 426 g/mol. The molecule has 2 aromatic carbocycles. The maximum absolute atomic E-state index is 13.0. The molecule has 2 aliphatic rings. The van der Waals surface area contributed by atoms with Crippen LogP contribution in [-0.4, -0.2) is 29.7 Å². The number of ether oxygens (including phenoxy) is 1. The lowest BCUT2D eigenvalue weighted by atomic mass is 9.76. The van der Waals surface area contributed by atoms with Gasteiger partial charge in [-0.15, -0.1) is 0 Å². The molecule has 3 atom stereocenters. The van der Waals surface area contributed by atoms with Crippen LogP contribution in [0.4, 0.5) is 0 Å². The fraction of sp³-hybridized carbons (Fsp3) is 0.333. The lowest BCUT2D eigenvalue weighted by molar-refractivity contribution is 0.0853. The number of hydrogen-bond donors (Lipinski definition) is 0. The normalized spacial score (nSPS) is 22.1. The monoisotopic (exact) mass is 425 g/mol. The van der Waals surface area contributed by atoms with E-state index in [9.17, 15) is 10.1 Å². The van der Waals surface area contributed by atoms with Crippen molar-refractivity contribution in [2.24, 2.45) is 5.92 Å². The molecule has 1 aromatic heterocycles. The first kappa shape index (κ1) is 20.5. The number of aromatic nitrogens is 1. The maximum Gasteiger partial charge on any atom is 0.251 e. The number of fused-ring (bicyclic) bond motifs is 4. The topological polar surface area (TPSA) is 58.3 Å². The molecule has 3 heterocycles. The second kappa shape index (κ2) is 8.64. The Bertz CT molecular complexity index is 1230. The summed E-state index contributed by atoms with van der Waals surface area (Å²) in [6.45, 7) is 2.71. The highest BCUT2D eigenvalue weighted by molar-refractivity contribution is 5.33. The minimum atomic E-state index is 0.0975. The molecule has 0 radical (unpaired) electrons. The summed E-state index contributed by atoms with van der Waals surface area (Å²) in [5, 5.41) is 9.24. The Morgan fingerprint density at radius 1 is 1.03 bits per heavy atom. The van der Waals surface area contributed by atoms with Crippen LogP contribution in [0.5, 0.6) is 5.75 Å². The number of methoxy groups -OCH3 is 1. The molecule has 32 heavy (non-hydrogen) atoms. The summed E-state index contributed by atoms with van der Waals surface area (Å²) in [5.41, 5.74) is 4.30. The quantitative estimate of drug-likeness (QED) is 0.617. The number of nitrogens with zero attached hydrogens (tertiary/aromatic N) is 3. The van der Waals surface area contributed by atoms with Crippen molar-refractivity contribution in [1.82, 2.24) is 9.47 Å². The molecule has 0 aliphatic carbocycles. The standard InChI is InChI=1S/C27H27N3O2/c1-32-24-8-3-5-19(12-24)13-26-23-14-22(25-9-4-10-27(31)30(25)26)17-29(18-23)16-21-7-2-6-20(11-21)15-28/h2-12,22-23,26H,13-14,16-18H2,1H3/t22-,23+,26+/m1/s1. The van der Waals surface area contributed by atoms with Gasteiger partial charge in [0.15, 0.2) is 0 Å². The van der Waals surface area contributed by atoms with Crippen molar-refractivity contribution < 1.29 is 4.74 Å². The van der Waals surface area contributed by atoms with Crippen LogP contribution in [-0.2, 0) is 13.0 Å². The van der Waals surface area contributed by atoms with Gasteiger partial charge in [0.05, 0.1) is 18.7 Å². The summed E-state index contributed by atoms with van der Waals surface area (Å²) in [6, 6.07) is 24.1. The summed E-state index contributed by atoms with van der Waals surface area (Å²) in [5.74, 6) is 1.59. The molecule has 1 saturated heterocycles. The Hall–Kier alpha value is -3.36. The predicted molar refractivity (Wildman–Crippen MR) is 124 cm³/mol. The molecular weight excluding hydrogens is 398 g/mol. The molecule has 5 rings (SSSR count). The molecule has 2 aliphatic heterocycles. The summed E-state index contributed by atoms with van der Waals surface area (Å²) in [7, 11) is 1.68. The van der Waals surface area contributed by atoms with Crippen LogP contribution < -0.4 is 10.3 Å². The van der Waals surface area contributed by atoms with E-state index < -0.39 is 0 Å². The zero-order chi connectivity index (χ0) is 22.1. The smallest absolute Gasteiger partial charge is 0.251 e. The summed E-state index contributed by atoms with van der Waals surface area (Å²) >= 11 is 0.